The molecule has 0 N–H and O–H groups in total. The fourth-order valence-corrected chi connectivity index (χ4v) is 3.58. The van der Waals surface area contributed by atoms with Crippen molar-refractivity contribution in [3.63, 3.8) is 0 Å². The van der Waals surface area contributed by atoms with Gasteiger partial charge < -0.3 is 9.13 Å². The van der Waals surface area contributed by atoms with Crippen LogP contribution in [-0.4, -0.2) is 19.1 Å². The van der Waals surface area contributed by atoms with Crippen molar-refractivity contribution in [2.45, 2.75) is 0 Å². The molecule has 2 aromatic heterocycles. The largest absolute Gasteiger partial charge is 0.327 e. The Morgan fingerprint density at radius 2 is 0.923 bits per heavy atom. The average molecular weight is 338 g/mol. The second-order valence-electron chi connectivity index (χ2n) is 6.54. The summed E-state index contributed by atoms with van der Waals surface area (Å²) in [6.07, 6.45) is 0. The molecule has 2 heterocycles. The number of fused-ring (bicyclic) bond motifs is 2. The van der Waals surface area contributed by atoms with Crippen molar-refractivity contribution in [1.82, 2.24) is 19.1 Å². The van der Waals surface area contributed by atoms with Crippen LogP contribution < -0.4 is 0 Å². The smallest absolute Gasteiger partial charge is 0.140 e. The Bertz CT molecular complexity index is 1140. The lowest BCUT2D eigenvalue weighted by molar-refractivity contribution is 0.956. The van der Waals surface area contributed by atoms with Gasteiger partial charge in [0.05, 0.1) is 22.1 Å². The van der Waals surface area contributed by atoms with Crippen LogP contribution in [0, 0.1) is 0 Å². The molecule has 0 atom stereocenters. The Balaban J connectivity index is 1.60. The minimum absolute atomic E-state index is 0.975. The first-order chi connectivity index (χ1) is 12.7. The van der Waals surface area contributed by atoms with Crippen molar-refractivity contribution in [2.75, 3.05) is 0 Å². The van der Waals surface area contributed by atoms with E-state index in [1.54, 1.807) is 0 Å². The second kappa shape index (κ2) is 5.56. The Labute approximate surface area is 151 Å². The lowest BCUT2D eigenvalue weighted by Crippen LogP contribution is -1.94. The highest BCUT2D eigenvalue weighted by molar-refractivity contribution is 5.82. The van der Waals surface area contributed by atoms with Gasteiger partial charge in [-0.15, -0.1) is 0 Å². The minimum atomic E-state index is 0.975. The molecule has 4 heteroatoms. The summed E-state index contributed by atoms with van der Waals surface area (Å²) in [6, 6.07) is 24.9. The van der Waals surface area contributed by atoms with Crippen LogP contribution in [-0.2, 0) is 14.1 Å². The fraction of sp³-hybridized carbons (Fsp3) is 0.0909. The molecule has 0 aliphatic rings. The van der Waals surface area contributed by atoms with E-state index in [1.165, 1.54) is 0 Å². The zero-order chi connectivity index (χ0) is 17.7. The monoisotopic (exact) mass is 338 g/mol. The molecule has 0 fully saturated rings. The van der Waals surface area contributed by atoms with E-state index in [1.807, 2.05) is 36.4 Å². The second-order valence-corrected chi connectivity index (χ2v) is 6.54. The first-order valence-electron chi connectivity index (χ1n) is 8.66. The van der Waals surface area contributed by atoms with E-state index in [9.17, 15) is 0 Å². The van der Waals surface area contributed by atoms with Gasteiger partial charge in [0, 0.05) is 25.2 Å². The van der Waals surface area contributed by atoms with Gasteiger partial charge in [-0.2, -0.15) is 0 Å². The van der Waals surface area contributed by atoms with Crippen LogP contribution in [0.15, 0.2) is 72.8 Å². The van der Waals surface area contributed by atoms with Gasteiger partial charge in [-0.25, -0.2) is 9.97 Å². The predicted octanol–water partition coefficient (Wildman–Crippen LogP) is 4.79. The molecule has 0 bridgehead atoms. The molecule has 0 radical (unpaired) electrons. The third-order valence-electron chi connectivity index (χ3n) is 4.98. The van der Waals surface area contributed by atoms with Crippen LogP contribution in [0.25, 0.3) is 44.8 Å². The zero-order valence-corrected chi connectivity index (χ0v) is 14.7. The summed E-state index contributed by atoms with van der Waals surface area (Å²) in [4.78, 5) is 9.56. The van der Waals surface area contributed by atoms with Gasteiger partial charge in [-0.1, -0.05) is 48.5 Å². The summed E-state index contributed by atoms with van der Waals surface area (Å²) in [6.45, 7) is 0. The van der Waals surface area contributed by atoms with Crippen LogP contribution in [0.2, 0.25) is 0 Å². The van der Waals surface area contributed by atoms with Crippen LogP contribution in [0.5, 0.6) is 0 Å². The lowest BCUT2D eigenvalue weighted by atomic mass is 10.1. The molecular formula is C22H18N4. The molecule has 0 saturated carbocycles. The maximum Gasteiger partial charge on any atom is 0.140 e. The molecule has 0 unspecified atom stereocenters. The zero-order valence-electron chi connectivity index (χ0n) is 14.7. The van der Waals surface area contributed by atoms with Gasteiger partial charge in [0.25, 0.3) is 0 Å². The molecule has 0 aliphatic heterocycles. The summed E-state index contributed by atoms with van der Waals surface area (Å²) in [5, 5.41) is 0. The standard InChI is InChI=1S/C22H18N4/c1-25-19-9-5-3-7-17(19)23-21(25)15-11-13-16(14-12-15)22-24-18-8-4-6-10-20(18)26(22)2/h3-14H,1-2H3. The predicted molar refractivity (Wildman–Crippen MR) is 106 cm³/mol. The number of benzene rings is 3. The topological polar surface area (TPSA) is 35.6 Å². The summed E-state index contributed by atoms with van der Waals surface area (Å²) in [5.74, 6) is 1.95. The maximum absolute atomic E-state index is 4.78. The number of para-hydroxylation sites is 4. The molecule has 26 heavy (non-hydrogen) atoms. The molecule has 5 rings (SSSR count). The minimum Gasteiger partial charge on any atom is -0.327 e. The third-order valence-corrected chi connectivity index (χ3v) is 4.98. The molecule has 5 aromatic rings. The van der Waals surface area contributed by atoms with Crippen molar-refractivity contribution in [3.8, 4) is 22.8 Å². The highest BCUT2D eigenvalue weighted by Crippen LogP contribution is 2.28. The number of aromatic nitrogens is 4. The Morgan fingerprint density at radius 1 is 0.538 bits per heavy atom. The van der Waals surface area contributed by atoms with Gasteiger partial charge in [-0.3, -0.25) is 0 Å². The van der Waals surface area contributed by atoms with Gasteiger partial charge in [-0.05, 0) is 24.3 Å². The van der Waals surface area contributed by atoms with E-state index in [0.29, 0.717) is 0 Å². The number of hydrogen-bond acceptors (Lipinski definition) is 2. The molecule has 0 saturated heterocycles. The van der Waals surface area contributed by atoms with Crippen molar-refractivity contribution < 1.29 is 0 Å². The fourth-order valence-electron chi connectivity index (χ4n) is 3.58. The van der Waals surface area contributed by atoms with Gasteiger partial charge in [0.15, 0.2) is 0 Å². The van der Waals surface area contributed by atoms with Crippen molar-refractivity contribution in [1.29, 1.82) is 0 Å². The summed E-state index contributed by atoms with van der Waals surface area (Å²) in [5.41, 5.74) is 6.52. The molecule has 0 amide bonds. The first kappa shape index (κ1) is 14.9. The lowest BCUT2D eigenvalue weighted by Gasteiger charge is -2.05. The first-order valence-corrected chi connectivity index (χ1v) is 8.66. The number of nitrogens with zero attached hydrogens (tertiary/aromatic N) is 4. The number of hydrogen-bond donors (Lipinski definition) is 0. The molecule has 4 nitrogen and oxygen atoms in total. The Morgan fingerprint density at radius 3 is 1.31 bits per heavy atom. The average Bonchev–Trinajstić information content (AvgIpc) is 3.20. The van der Waals surface area contributed by atoms with Crippen LogP contribution >= 0.6 is 0 Å². The van der Waals surface area contributed by atoms with Crippen LogP contribution in [0.3, 0.4) is 0 Å². The summed E-state index contributed by atoms with van der Waals surface area (Å²) in [7, 11) is 4.12. The van der Waals surface area contributed by atoms with Gasteiger partial charge >= 0.3 is 0 Å². The number of aryl methyl sites for hydroxylation is 2. The van der Waals surface area contributed by atoms with E-state index >= 15 is 0 Å². The van der Waals surface area contributed by atoms with Gasteiger partial charge in [0.2, 0.25) is 0 Å². The Kier molecular flexibility index (Phi) is 3.19. The van der Waals surface area contributed by atoms with E-state index in [4.69, 9.17) is 9.97 Å². The summed E-state index contributed by atoms with van der Waals surface area (Å²) >= 11 is 0. The molecule has 126 valence electrons. The van der Waals surface area contributed by atoms with E-state index in [2.05, 4.69) is 59.6 Å². The number of imidazole rings is 2. The van der Waals surface area contributed by atoms with E-state index in [0.717, 1.165) is 44.8 Å². The van der Waals surface area contributed by atoms with E-state index < -0.39 is 0 Å². The van der Waals surface area contributed by atoms with Crippen LogP contribution in [0.4, 0.5) is 0 Å². The molecule has 0 spiro atoms. The SMILES string of the molecule is Cn1c(-c2ccc(-c3nc4ccccc4n3C)cc2)nc2ccccc21. The normalized spacial score (nSPS) is 11.5. The third kappa shape index (κ3) is 2.15. The Hall–Kier alpha value is -3.40. The molecular weight excluding hydrogens is 320 g/mol. The summed E-state index contributed by atoms with van der Waals surface area (Å²) < 4.78 is 4.28. The maximum atomic E-state index is 4.78. The van der Waals surface area contributed by atoms with Gasteiger partial charge in [0.1, 0.15) is 11.6 Å². The van der Waals surface area contributed by atoms with E-state index in [-0.39, 0.29) is 0 Å². The molecule has 0 aliphatic carbocycles. The number of rotatable bonds is 2. The highest BCUT2D eigenvalue weighted by Gasteiger charge is 2.12. The van der Waals surface area contributed by atoms with Crippen LogP contribution in [0.1, 0.15) is 0 Å². The van der Waals surface area contributed by atoms with Crippen molar-refractivity contribution in [2.24, 2.45) is 14.1 Å². The quantitative estimate of drug-likeness (QED) is 0.464. The van der Waals surface area contributed by atoms with Crippen molar-refractivity contribution >= 4 is 22.1 Å². The van der Waals surface area contributed by atoms with Crippen molar-refractivity contribution in [3.05, 3.63) is 72.8 Å². The molecule has 3 aromatic carbocycles. The highest BCUT2D eigenvalue weighted by atomic mass is 15.1.